The Labute approximate surface area is 105 Å². The van der Waals surface area contributed by atoms with Crippen molar-refractivity contribution < 1.29 is 14.3 Å². The van der Waals surface area contributed by atoms with Crippen LogP contribution in [0.3, 0.4) is 0 Å². The molecule has 0 unspecified atom stereocenters. The number of nitrogens with zero attached hydrogens (tertiary/aromatic N) is 1. The SMILES string of the molecule is COC(=O)c1cc2c(n1C)-c1ccccc1OC2. The number of hydrogen-bond donors (Lipinski definition) is 0. The lowest BCUT2D eigenvalue weighted by Crippen LogP contribution is -2.09. The molecule has 0 atom stereocenters. The summed E-state index contributed by atoms with van der Waals surface area (Å²) in [4.78, 5) is 11.7. The summed E-state index contributed by atoms with van der Waals surface area (Å²) in [5.41, 5.74) is 3.59. The first-order chi connectivity index (χ1) is 8.72. The van der Waals surface area contributed by atoms with Crippen LogP contribution < -0.4 is 4.74 Å². The minimum absolute atomic E-state index is 0.329. The minimum atomic E-state index is -0.329. The van der Waals surface area contributed by atoms with E-state index < -0.39 is 0 Å². The molecule has 2 heterocycles. The number of esters is 1. The van der Waals surface area contributed by atoms with Crippen molar-refractivity contribution in [1.29, 1.82) is 0 Å². The summed E-state index contributed by atoms with van der Waals surface area (Å²) in [5.74, 6) is 0.520. The highest BCUT2D eigenvalue weighted by atomic mass is 16.5. The third-order valence-electron chi connectivity index (χ3n) is 3.23. The van der Waals surface area contributed by atoms with Gasteiger partial charge < -0.3 is 14.0 Å². The van der Waals surface area contributed by atoms with Gasteiger partial charge in [0.25, 0.3) is 0 Å². The zero-order chi connectivity index (χ0) is 12.7. The van der Waals surface area contributed by atoms with Gasteiger partial charge in [-0.05, 0) is 18.2 Å². The summed E-state index contributed by atoms with van der Waals surface area (Å²) < 4.78 is 12.3. The Kier molecular flexibility index (Phi) is 2.37. The Morgan fingerprint density at radius 3 is 2.94 bits per heavy atom. The first-order valence-electron chi connectivity index (χ1n) is 5.71. The molecule has 2 aromatic rings. The number of fused-ring (bicyclic) bond motifs is 3. The van der Waals surface area contributed by atoms with Gasteiger partial charge in [-0.15, -0.1) is 0 Å². The summed E-state index contributed by atoms with van der Waals surface area (Å²) in [6.07, 6.45) is 0. The maximum absolute atomic E-state index is 11.7. The topological polar surface area (TPSA) is 40.5 Å². The maximum atomic E-state index is 11.7. The number of para-hydroxylation sites is 1. The molecule has 4 heteroatoms. The third-order valence-corrected chi connectivity index (χ3v) is 3.23. The van der Waals surface area contributed by atoms with Crippen LogP contribution in [0, 0.1) is 0 Å². The van der Waals surface area contributed by atoms with Crippen molar-refractivity contribution in [3.8, 4) is 17.0 Å². The summed E-state index contributed by atoms with van der Waals surface area (Å²) in [7, 11) is 3.26. The molecule has 0 saturated heterocycles. The number of hydrogen-bond acceptors (Lipinski definition) is 3. The summed E-state index contributed by atoms with van der Waals surface area (Å²) in [6, 6.07) is 9.66. The second-order valence-electron chi connectivity index (χ2n) is 4.24. The van der Waals surface area contributed by atoms with Crippen molar-refractivity contribution in [3.05, 3.63) is 41.6 Å². The Hall–Kier alpha value is -2.23. The molecule has 0 N–H and O–H groups in total. The average Bonchev–Trinajstić information content (AvgIpc) is 2.76. The molecular weight excluding hydrogens is 230 g/mol. The zero-order valence-corrected chi connectivity index (χ0v) is 10.3. The molecule has 4 nitrogen and oxygen atoms in total. The van der Waals surface area contributed by atoms with Gasteiger partial charge in [0.2, 0.25) is 0 Å². The molecule has 1 aliphatic heterocycles. The lowest BCUT2D eigenvalue weighted by atomic mass is 10.0. The highest BCUT2D eigenvalue weighted by Gasteiger charge is 2.24. The summed E-state index contributed by atoms with van der Waals surface area (Å²) >= 11 is 0. The molecule has 0 spiro atoms. The van der Waals surface area contributed by atoms with Crippen LogP contribution in [0.25, 0.3) is 11.3 Å². The van der Waals surface area contributed by atoms with Gasteiger partial charge in [0, 0.05) is 18.2 Å². The van der Waals surface area contributed by atoms with E-state index >= 15 is 0 Å². The van der Waals surface area contributed by atoms with Crippen molar-refractivity contribution in [2.24, 2.45) is 7.05 Å². The zero-order valence-electron chi connectivity index (χ0n) is 10.3. The van der Waals surface area contributed by atoms with E-state index in [1.807, 2.05) is 41.9 Å². The van der Waals surface area contributed by atoms with Crippen LogP contribution >= 0.6 is 0 Å². The average molecular weight is 243 g/mol. The molecular formula is C14H13NO3. The van der Waals surface area contributed by atoms with Crippen molar-refractivity contribution >= 4 is 5.97 Å². The molecule has 0 fully saturated rings. The Balaban J connectivity index is 2.22. The fourth-order valence-electron chi connectivity index (χ4n) is 2.37. The molecule has 0 amide bonds. The number of aromatic nitrogens is 1. The van der Waals surface area contributed by atoms with E-state index in [1.54, 1.807) is 0 Å². The molecule has 1 aromatic carbocycles. The Morgan fingerprint density at radius 1 is 1.39 bits per heavy atom. The second kappa shape index (κ2) is 3.91. The molecule has 0 bridgehead atoms. The highest BCUT2D eigenvalue weighted by molar-refractivity contribution is 5.90. The molecule has 3 rings (SSSR count). The van der Waals surface area contributed by atoms with E-state index in [4.69, 9.17) is 9.47 Å². The van der Waals surface area contributed by atoms with E-state index in [1.165, 1.54) is 7.11 Å². The number of carbonyl (C=O) groups is 1. The number of benzene rings is 1. The van der Waals surface area contributed by atoms with Crippen molar-refractivity contribution in [2.45, 2.75) is 6.61 Å². The number of methoxy groups -OCH3 is 1. The normalized spacial score (nSPS) is 12.3. The fourth-order valence-corrected chi connectivity index (χ4v) is 2.37. The van der Waals surface area contributed by atoms with Crippen molar-refractivity contribution in [1.82, 2.24) is 4.57 Å². The lowest BCUT2D eigenvalue weighted by molar-refractivity contribution is 0.0590. The third kappa shape index (κ3) is 1.42. The Bertz CT molecular complexity index is 628. The standard InChI is InChI=1S/C14H13NO3/c1-15-11(14(16)17-2)7-9-8-18-12-6-4-3-5-10(12)13(9)15/h3-7H,8H2,1-2H3. The van der Waals surface area contributed by atoms with Crippen LogP contribution in [0.4, 0.5) is 0 Å². The lowest BCUT2D eigenvalue weighted by Gasteiger charge is -2.19. The molecule has 0 aliphatic carbocycles. The van der Waals surface area contributed by atoms with Gasteiger partial charge in [-0.1, -0.05) is 12.1 Å². The highest BCUT2D eigenvalue weighted by Crippen LogP contribution is 2.38. The molecule has 18 heavy (non-hydrogen) atoms. The minimum Gasteiger partial charge on any atom is -0.488 e. The first-order valence-corrected chi connectivity index (χ1v) is 5.71. The van der Waals surface area contributed by atoms with Gasteiger partial charge in [-0.3, -0.25) is 0 Å². The largest absolute Gasteiger partial charge is 0.488 e. The Morgan fingerprint density at radius 2 is 2.17 bits per heavy atom. The molecule has 1 aromatic heterocycles. The smallest absolute Gasteiger partial charge is 0.354 e. The number of ether oxygens (including phenoxy) is 2. The first kappa shape index (κ1) is 10.9. The van der Waals surface area contributed by atoms with Crippen LogP contribution in [0.5, 0.6) is 5.75 Å². The van der Waals surface area contributed by atoms with E-state index in [-0.39, 0.29) is 5.97 Å². The van der Waals surface area contributed by atoms with Gasteiger partial charge in [-0.25, -0.2) is 4.79 Å². The van der Waals surface area contributed by atoms with E-state index in [2.05, 4.69) is 0 Å². The molecule has 0 radical (unpaired) electrons. The number of rotatable bonds is 1. The molecule has 92 valence electrons. The number of carbonyl (C=O) groups excluding carboxylic acids is 1. The quantitative estimate of drug-likeness (QED) is 0.722. The van der Waals surface area contributed by atoms with Gasteiger partial charge in [0.1, 0.15) is 18.1 Å². The summed E-state index contributed by atoms with van der Waals surface area (Å²) in [6.45, 7) is 0.483. The van der Waals surface area contributed by atoms with E-state index in [9.17, 15) is 4.79 Å². The van der Waals surface area contributed by atoms with Crippen molar-refractivity contribution in [3.63, 3.8) is 0 Å². The van der Waals surface area contributed by atoms with Crippen molar-refractivity contribution in [2.75, 3.05) is 7.11 Å². The predicted molar refractivity (Wildman–Crippen MR) is 66.5 cm³/mol. The maximum Gasteiger partial charge on any atom is 0.354 e. The molecule has 0 saturated carbocycles. The van der Waals surface area contributed by atoms with E-state index in [0.29, 0.717) is 12.3 Å². The van der Waals surface area contributed by atoms with Gasteiger partial charge in [0.15, 0.2) is 0 Å². The van der Waals surface area contributed by atoms with Crippen LogP contribution in [0.2, 0.25) is 0 Å². The predicted octanol–water partition coefficient (Wildman–Crippen LogP) is 2.37. The van der Waals surface area contributed by atoms with E-state index in [0.717, 1.165) is 22.6 Å². The van der Waals surface area contributed by atoms with Crippen LogP contribution in [-0.2, 0) is 18.4 Å². The summed E-state index contributed by atoms with van der Waals surface area (Å²) in [5, 5.41) is 0. The molecule has 1 aliphatic rings. The van der Waals surface area contributed by atoms with Gasteiger partial charge >= 0.3 is 5.97 Å². The monoisotopic (exact) mass is 243 g/mol. The second-order valence-corrected chi connectivity index (χ2v) is 4.24. The van der Waals surface area contributed by atoms with Crippen LogP contribution in [0.1, 0.15) is 16.1 Å². The van der Waals surface area contributed by atoms with Crippen LogP contribution in [-0.4, -0.2) is 17.6 Å². The fraction of sp³-hybridized carbons (Fsp3) is 0.214. The van der Waals surface area contributed by atoms with Gasteiger partial charge in [0.05, 0.1) is 12.8 Å². The van der Waals surface area contributed by atoms with Crippen LogP contribution in [0.15, 0.2) is 30.3 Å². The van der Waals surface area contributed by atoms with Gasteiger partial charge in [-0.2, -0.15) is 0 Å².